The van der Waals surface area contributed by atoms with Gasteiger partial charge < -0.3 is 9.84 Å². The average molecular weight is 383 g/mol. The van der Waals surface area contributed by atoms with Crippen molar-refractivity contribution in [1.29, 1.82) is 0 Å². The number of nitrogens with zero attached hydrogens (tertiary/aromatic N) is 2. The van der Waals surface area contributed by atoms with Crippen LogP contribution in [0, 0.1) is 0 Å². The van der Waals surface area contributed by atoms with E-state index in [2.05, 4.69) is 39.4 Å². The fourth-order valence-electron chi connectivity index (χ4n) is 3.59. The molecule has 5 heteroatoms. The molecule has 0 spiro atoms. The van der Waals surface area contributed by atoms with Crippen molar-refractivity contribution in [2.45, 2.75) is 12.6 Å². The molecule has 4 rings (SSSR count). The first-order valence-electron chi connectivity index (χ1n) is 9.53. The minimum atomic E-state index is -0.461. The van der Waals surface area contributed by atoms with Gasteiger partial charge in [0.05, 0.1) is 0 Å². The van der Waals surface area contributed by atoms with Gasteiger partial charge in [-0.15, -0.1) is 11.3 Å². The van der Waals surface area contributed by atoms with E-state index in [0.29, 0.717) is 13.2 Å². The van der Waals surface area contributed by atoms with Gasteiger partial charge in [0.1, 0.15) is 18.5 Å². The van der Waals surface area contributed by atoms with Crippen LogP contribution in [0.3, 0.4) is 0 Å². The monoisotopic (exact) mass is 382 g/mol. The molecule has 27 heavy (non-hydrogen) atoms. The third kappa shape index (κ3) is 4.87. The summed E-state index contributed by atoms with van der Waals surface area (Å²) < 4.78 is 7.02. The van der Waals surface area contributed by atoms with Gasteiger partial charge >= 0.3 is 0 Å². The summed E-state index contributed by atoms with van der Waals surface area (Å²) in [6, 6.07) is 18.3. The zero-order valence-corrected chi connectivity index (χ0v) is 16.3. The Labute approximate surface area is 164 Å². The van der Waals surface area contributed by atoms with Crippen LogP contribution in [0.5, 0.6) is 5.75 Å². The molecule has 1 N–H and O–H groups in total. The first-order valence-corrected chi connectivity index (χ1v) is 10.4. The van der Waals surface area contributed by atoms with E-state index in [1.54, 1.807) is 0 Å². The summed E-state index contributed by atoms with van der Waals surface area (Å²) in [7, 11) is 0. The minimum absolute atomic E-state index is 0.338. The van der Waals surface area contributed by atoms with Gasteiger partial charge in [-0.05, 0) is 34.5 Å². The Morgan fingerprint density at radius 2 is 1.63 bits per heavy atom. The Kier molecular flexibility index (Phi) is 6.04. The first kappa shape index (κ1) is 18.4. The standard InChI is InChI=1S/C22H26N2O2S/c25-19(16-26-20-6-2-1-3-7-20)15-24-12-10-23(11-13-24)14-18-17-27-22-9-5-4-8-21(18)22/h1-9,17,19,25H,10-16H2. The highest BCUT2D eigenvalue weighted by Crippen LogP contribution is 2.26. The van der Waals surface area contributed by atoms with E-state index < -0.39 is 6.10 Å². The molecule has 1 aliphatic heterocycles. The molecule has 4 nitrogen and oxygen atoms in total. The SMILES string of the molecule is OC(COc1ccccc1)CN1CCN(Cc2csc3ccccc23)CC1. The van der Waals surface area contributed by atoms with E-state index in [9.17, 15) is 5.11 Å². The number of ether oxygens (including phenoxy) is 1. The summed E-state index contributed by atoms with van der Waals surface area (Å²) in [5, 5.41) is 14.0. The number of hydrogen-bond donors (Lipinski definition) is 1. The highest BCUT2D eigenvalue weighted by atomic mass is 32.1. The second-order valence-corrected chi connectivity index (χ2v) is 8.02. The molecule has 0 radical (unpaired) electrons. The smallest absolute Gasteiger partial charge is 0.119 e. The Morgan fingerprint density at radius 3 is 2.44 bits per heavy atom. The van der Waals surface area contributed by atoms with Crippen LogP contribution in [0.4, 0.5) is 0 Å². The molecule has 2 aromatic carbocycles. The highest BCUT2D eigenvalue weighted by Gasteiger charge is 2.20. The molecule has 1 aromatic heterocycles. The maximum atomic E-state index is 10.3. The lowest BCUT2D eigenvalue weighted by Crippen LogP contribution is -2.48. The first-order chi connectivity index (χ1) is 13.3. The van der Waals surface area contributed by atoms with Gasteiger partial charge in [-0.2, -0.15) is 0 Å². The molecule has 0 saturated carbocycles. The molecule has 2 heterocycles. The number of fused-ring (bicyclic) bond motifs is 1. The highest BCUT2D eigenvalue weighted by molar-refractivity contribution is 7.17. The van der Waals surface area contributed by atoms with Gasteiger partial charge in [-0.25, -0.2) is 0 Å². The quantitative estimate of drug-likeness (QED) is 0.679. The molecule has 1 atom stereocenters. The molecule has 0 aliphatic carbocycles. The predicted octanol–water partition coefficient (Wildman–Crippen LogP) is 3.46. The van der Waals surface area contributed by atoms with Gasteiger partial charge in [0.25, 0.3) is 0 Å². The third-order valence-electron chi connectivity index (χ3n) is 5.07. The number of para-hydroxylation sites is 1. The Morgan fingerprint density at radius 1 is 0.926 bits per heavy atom. The molecule has 1 fully saturated rings. The van der Waals surface area contributed by atoms with Crippen molar-refractivity contribution < 1.29 is 9.84 Å². The zero-order chi connectivity index (χ0) is 18.5. The van der Waals surface area contributed by atoms with E-state index in [4.69, 9.17) is 4.74 Å². The van der Waals surface area contributed by atoms with Crippen LogP contribution in [0.25, 0.3) is 10.1 Å². The van der Waals surface area contributed by atoms with Crippen molar-refractivity contribution in [2.24, 2.45) is 0 Å². The Bertz CT molecular complexity index is 844. The summed E-state index contributed by atoms with van der Waals surface area (Å²) in [6.07, 6.45) is -0.461. The van der Waals surface area contributed by atoms with Crippen molar-refractivity contribution >= 4 is 21.4 Å². The fraction of sp³-hybridized carbons (Fsp3) is 0.364. The van der Waals surface area contributed by atoms with Crippen molar-refractivity contribution in [2.75, 3.05) is 39.3 Å². The van der Waals surface area contributed by atoms with Crippen LogP contribution in [-0.4, -0.2) is 60.3 Å². The molecule has 0 amide bonds. The van der Waals surface area contributed by atoms with Crippen molar-refractivity contribution in [1.82, 2.24) is 9.80 Å². The van der Waals surface area contributed by atoms with E-state index in [-0.39, 0.29) is 0 Å². The number of β-amino-alcohol motifs (C(OH)–C–C–N with tert-alkyl or cyclic N) is 1. The van der Waals surface area contributed by atoms with Crippen LogP contribution in [-0.2, 0) is 6.54 Å². The van der Waals surface area contributed by atoms with E-state index >= 15 is 0 Å². The molecule has 1 saturated heterocycles. The number of aliphatic hydroxyl groups is 1. The second kappa shape index (κ2) is 8.85. The fourth-order valence-corrected chi connectivity index (χ4v) is 4.54. The summed E-state index contributed by atoms with van der Waals surface area (Å²) in [5.41, 5.74) is 1.43. The maximum Gasteiger partial charge on any atom is 0.119 e. The third-order valence-corrected chi connectivity index (χ3v) is 6.09. The van der Waals surface area contributed by atoms with Crippen molar-refractivity contribution in [3.05, 3.63) is 65.5 Å². The molecular formula is C22H26N2O2S. The Balaban J connectivity index is 1.22. The predicted molar refractivity (Wildman–Crippen MR) is 111 cm³/mol. The van der Waals surface area contributed by atoms with Crippen molar-refractivity contribution in [3.8, 4) is 5.75 Å². The van der Waals surface area contributed by atoms with Crippen LogP contribution in [0.1, 0.15) is 5.56 Å². The van der Waals surface area contributed by atoms with Gasteiger partial charge in [0, 0.05) is 44.0 Å². The van der Waals surface area contributed by atoms with Crippen LogP contribution >= 0.6 is 11.3 Å². The molecule has 1 unspecified atom stereocenters. The number of rotatable bonds is 7. The molecule has 1 aliphatic rings. The van der Waals surface area contributed by atoms with Gasteiger partial charge in [-0.1, -0.05) is 36.4 Å². The number of hydrogen-bond acceptors (Lipinski definition) is 5. The summed E-state index contributed by atoms with van der Waals surface area (Å²) in [5.74, 6) is 0.810. The van der Waals surface area contributed by atoms with Crippen LogP contribution in [0.15, 0.2) is 60.0 Å². The minimum Gasteiger partial charge on any atom is -0.491 e. The van der Waals surface area contributed by atoms with Gasteiger partial charge in [0.15, 0.2) is 0 Å². The zero-order valence-electron chi connectivity index (χ0n) is 15.5. The summed E-state index contributed by atoms with van der Waals surface area (Å²) in [6.45, 7) is 6.08. The number of piperazine rings is 1. The van der Waals surface area contributed by atoms with E-state index in [1.807, 2.05) is 41.7 Å². The molecule has 3 aromatic rings. The number of thiophene rings is 1. The van der Waals surface area contributed by atoms with Crippen molar-refractivity contribution in [3.63, 3.8) is 0 Å². The topological polar surface area (TPSA) is 35.9 Å². The lowest BCUT2D eigenvalue weighted by Gasteiger charge is -2.35. The van der Waals surface area contributed by atoms with E-state index in [0.717, 1.165) is 38.5 Å². The average Bonchev–Trinajstić information content (AvgIpc) is 3.12. The largest absolute Gasteiger partial charge is 0.491 e. The molecular weight excluding hydrogens is 356 g/mol. The molecule has 142 valence electrons. The number of benzene rings is 2. The summed E-state index contributed by atoms with van der Waals surface area (Å²) >= 11 is 1.83. The lowest BCUT2D eigenvalue weighted by molar-refractivity contribution is 0.0447. The molecule has 0 bridgehead atoms. The second-order valence-electron chi connectivity index (χ2n) is 7.11. The summed E-state index contributed by atoms with van der Waals surface area (Å²) in [4.78, 5) is 4.85. The van der Waals surface area contributed by atoms with Crippen LogP contribution < -0.4 is 4.74 Å². The van der Waals surface area contributed by atoms with E-state index in [1.165, 1.54) is 15.6 Å². The van der Waals surface area contributed by atoms with Gasteiger partial charge in [0.2, 0.25) is 0 Å². The lowest BCUT2D eigenvalue weighted by atomic mass is 10.1. The number of aliphatic hydroxyl groups excluding tert-OH is 1. The maximum absolute atomic E-state index is 10.3. The Hall–Kier alpha value is -1.92. The normalized spacial score (nSPS) is 17.2. The van der Waals surface area contributed by atoms with Gasteiger partial charge in [-0.3, -0.25) is 9.80 Å². The van der Waals surface area contributed by atoms with Crippen LogP contribution in [0.2, 0.25) is 0 Å².